The highest BCUT2D eigenvalue weighted by Crippen LogP contribution is 1.96. The Morgan fingerprint density at radius 3 is 2.08 bits per heavy atom. The molecule has 1 amide bonds. The molecule has 1 fully saturated rings. The number of aliphatic carboxylic acids is 1. The third-order valence-corrected chi connectivity index (χ3v) is 1.48. The largest absolute Gasteiger partial charge is 0.474 e. The summed E-state index contributed by atoms with van der Waals surface area (Å²) in [5.74, 6) is 5.76. The lowest BCUT2D eigenvalue weighted by molar-refractivity contribution is -0.157. The quantitative estimate of drug-likeness (QED) is 0.226. The number of carbonyl (C=O) groups is 2. The lowest BCUT2D eigenvalue weighted by Crippen LogP contribution is -2.43. The van der Waals surface area contributed by atoms with Crippen LogP contribution in [-0.4, -0.2) is 48.2 Å². The van der Waals surface area contributed by atoms with Gasteiger partial charge in [0.25, 0.3) is 0 Å². The second kappa shape index (κ2) is 6.35. The van der Waals surface area contributed by atoms with Crippen LogP contribution in [0.5, 0.6) is 0 Å². The van der Waals surface area contributed by atoms with Crippen molar-refractivity contribution in [1.82, 2.24) is 4.90 Å². The Kier molecular flexibility index (Phi) is 5.77. The Morgan fingerprint density at radius 2 is 1.69 bits per heavy atom. The Bertz CT molecular complexity index is 179. The summed E-state index contributed by atoms with van der Waals surface area (Å²) in [6.45, 7) is 1.62. The molecule has 0 aromatic heterocycles. The number of ether oxygens (including phenoxy) is 1. The zero-order valence-electron chi connectivity index (χ0n) is 7.10. The van der Waals surface area contributed by atoms with E-state index in [0.717, 1.165) is 0 Å². The number of carboxylic acid groups (broad SMARTS) is 1. The highest BCUT2D eigenvalue weighted by atomic mass is 16.5. The maximum Gasteiger partial charge on any atom is 0.394 e. The van der Waals surface area contributed by atoms with Crippen molar-refractivity contribution in [2.24, 2.45) is 11.7 Å². The van der Waals surface area contributed by atoms with Crippen LogP contribution in [0.1, 0.15) is 0 Å². The summed E-state index contributed by atoms with van der Waals surface area (Å²) in [7, 11) is 0. The number of carboxylic acids is 1. The van der Waals surface area contributed by atoms with Crippen LogP contribution in [0.15, 0.2) is 0 Å². The van der Waals surface area contributed by atoms with Crippen LogP contribution < -0.4 is 11.7 Å². The van der Waals surface area contributed by atoms with E-state index in [1.54, 1.807) is 0 Å². The van der Waals surface area contributed by atoms with Gasteiger partial charge in [-0.05, 0) is 0 Å². The number of carbonyl (C=O) groups excluding carboxylic acids is 1. The van der Waals surface area contributed by atoms with Gasteiger partial charge in [-0.25, -0.2) is 4.79 Å². The Morgan fingerprint density at radius 1 is 1.23 bits per heavy atom. The Hall–Kier alpha value is -1.18. The van der Waals surface area contributed by atoms with E-state index in [9.17, 15) is 9.59 Å². The van der Waals surface area contributed by atoms with Crippen molar-refractivity contribution >= 4 is 11.9 Å². The normalized spacial score (nSPS) is 15.7. The van der Waals surface area contributed by atoms with Crippen LogP contribution in [0, 0.1) is 0 Å². The van der Waals surface area contributed by atoms with Gasteiger partial charge in [-0.1, -0.05) is 0 Å². The second-order valence-electron chi connectivity index (χ2n) is 2.21. The van der Waals surface area contributed by atoms with Gasteiger partial charge in [0.15, 0.2) is 0 Å². The van der Waals surface area contributed by atoms with Gasteiger partial charge in [0.05, 0.1) is 13.2 Å². The minimum atomic E-state index is -1.40. The van der Waals surface area contributed by atoms with Gasteiger partial charge in [-0.3, -0.25) is 16.5 Å². The monoisotopic (exact) mass is 191 g/mol. The van der Waals surface area contributed by atoms with Gasteiger partial charge in [-0.2, -0.15) is 0 Å². The fourth-order valence-corrected chi connectivity index (χ4v) is 0.902. The third-order valence-electron chi connectivity index (χ3n) is 1.48. The molecular weight excluding hydrogens is 178 g/mol. The lowest BCUT2D eigenvalue weighted by Gasteiger charge is -2.24. The molecule has 1 saturated heterocycles. The molecule has 0 aliphatic carbocycles. The zero-order chi connectivity index (χ0) is 10.3. The summed E-state index contributed by atoms with van der Waals surface area (Å²) >= 11 is 0. The van der Waals surface area contributed by atoms with E-state index in [-0.39, 0.29) is 0 Å². The van der Waals surface area contributed by atoms with Crippen molar-refractivity contribution < 1.29 is 19.4 Å². The summed E-state index contributed by atoms with van der Waals surface area (Å²) in [6.07, 6.45) is 0. The van der Waals surface area contributed by atoms with E-state index in [1.807, 2.05) is 0 Å². The average Bonchev–Trinajstić information content (AvgIpc) is 2.21. The number of nitrogens with zero attached hydrogens (tertiary/aromatic N) is 1. The minimum absolute atomic E-state index is 0.380. The number of nitrogens with two attached hydrogens (primary N) is 2. The molecule has 1 rings (SSSR count). The van der Waals surface area contributed by atoms with Gasteiger partial charge >= 0.3 is 11.9 Å². The fourth-order valence-electron chi connectivity index (χ4n) is 0.902. The molecular formula is C6H13N3O4. The summed E-state index contributed by atoms with van der Waals surface area (Å²) in [4.78, 5) is 22.2. The van der Waals surface area contributed by atoms with E-state index in [4.69, 9.17) is 9.84 Å². The number of hydrazine groups is 1. The molecule has 7 nitrogen and oxygen atoms in total. The topological polar surface area (TPSA) is 119 Å². The molecule has 0 atom stereocenters. The molecule has 0 aromatic carbocycles. The summed E-state index contributed by atoms with van der Waals surface area (Å²) in [5, 5.41) is 8.30. The molecule has 0 aromatic rings. The summed E-state index contributed by atoms with van der Waals surface area (Å²) < 4.78 is 4.94. The first-order chi connectivity index (χ1) is 6.22. The molecule has 0 unspecified atom stereocenters. The number of morpholine rings is 1. The molecule has 0 spiro atoms. The highest BCUT2D eigenvalue weighted by Gasteiger charge is 2.22. The van der Waals surface area contributed by atoms with Crippen molar-refractivity contribution in [3.8, 4) is 0 Å². The second-order valence-corrected chi connectivity index (χ2v) is 2.21. The maximum absolute atomic E-state index is 10.8. The number of rotatable bonds is 0. The molecule has 5 N–H and O–H groups in total. The first-order valence-corrected chi connectivity index (χ1v) is 3.65. The van der Waals surface area contributed by atoms with Crippen LogP contribution in [0.4, 0.5) is 0 Å². The smallest absolute Gasteiger partial charge is 0.394 e. The molecule has 1 heterocycles. The number of amides is 1. The van der Waals surface area contributed by atoms with Crippen molar-refractivity contribution in [2.75, 3.05) is 26.3 Å². The van der Waals surface area contributed by atoms with E-state index in [0.29, 0.717) is 26.3 Å². The van der Waals surface area contributed by atoms with E-state index in [1.165, 1.54) is 4.90 Å². The maximum atomic E-state index is 10.8. The van der Waals surface area contributed by atoms with Crippen LogP contribution in [0.3, 0.4) is 0 Å². The van der Waals surface area contributed by atoms with Crippen molar-refractivity contribution in [3.05, 3.63) is 0 Å². The predicted molar refractivity (Wildman–Crippen MR) is 43.4 cm³/mol. The summed E-state index contributed by atoms with van der Waals surface area (Å²) in [6, 6.07) is 0. The number of hydrogen-bond acceptors (Lipinski definition) is 5. The standard InChI is InChI=1S/C6H9NO4.H4N2/c8-5(6(9)10)7-1-3-11-4-2-7;1-2/h1-4H2,(H,9,10);1-2H2. The van der Waals surface area contributed by atoms with Crippen molar-refractivity contribution in [1.29, 1.82) is 0 Å². The molecule has 7 heteroatoms. The molecule has 13 heavy (non-hydrogen) atoms. The van der Waals surface area contributed by atoms with Gasteiger partial charge in [0.2, 0.25) is 0 Å². The minimum Gasteiger partial charge on any atom is -0.474 e. The van der Waals surface area contributed by atoms with Crippen molar-refractivity contribution in [2.45, 2.75) is 0 Å². The predicted octanol–water partition coefficient (Wildman–Crippen LogP) is -2.25. The highest BCUT2D eigenvalue weighted by molar-refractivity contribution is 6.31. The molecule has 0 bridgehead atoms. The summed E-state index contributed by atoms with van der Waals surface area (Å²) in [5.41, 5.74) is 0. The van der Waals surface area contributed by atoms with Crippen LogP contribution >= 0.6 is 0 Å². The lowest BCUT2D eigenvalue weighted by atomic mass is 10.4. The average molecular weight is 191 g/mol. The Labute approximate surface area is 75.2 Å². The first kappa shape index (κ1) is 11.8. The van der Waals surface area contributed by atoms with Crippen molar-refractivity contribution in [3.63, 3.8) is 0 Å². The SMILES string of the molecule is NN.O=C(O)C(=O)N1CCOCC1. The molecule has 1 aliphatic rings. The number of hydrogen-bond donors (Lipinski definition) is 3. The fraction of sp³-hybridized carbons (Fsp3) is 0.667. The van der Waals surface area contributed by atoms with Gasteiger partial charge in [-0.15, -0.1) is 0 Å². The third kappa shape index (κ3) is 3.83. The van der Waals surface area contributed by atoms with Gasteiger partial charge in [0, 0.05) is 13.1 Å². The van der Waals surface area contributed by atoms with Crippen LogP contribution in [0.2, 0.25) is 0 Å². The van der Waals surface area contributed by atoms with E-state index >= 15 is 0 Å². The van der Waals surface area contributed by atoms with E-state index in [2.05, 4.69) is 11.7 Å². The molecule has 76 valence electrons. The van der Waals surface area contributed by atoms with Crippen LogP contribution in [-0.2, 0) is 14.3 Å². The molecule has 0 radical (unpaired) electrons. The van der Waals surface area contributed by atoms with Crippen LogP contribution in [0.25, 0.3) is 0 Å². The van der Waals surface area contributed by atoms with E-state index < -0.39 is 11.9 Å². The first-order valence-electron chi connectivity index (χ1n) is 3.65. The van der Waals surface area contributed by atoms with Gasteiger partial charge < -0.3 is 14.7 Å². The zero-order valence-corrected chi connectivity index (χ0v) is 7.10. The molecule has 1 aliphatic heterocycles. The van der Waals surface area contributed by atoms with Gasteiger partial charge in [0.1, 0.15) is 0 Å². The molecule has 0 saturated carbocycles. The Balaban J connectivity index is 0.000000671.